The number of ether oxygens (including phenoxy) is 1. The monoisotopic (exact) mass is 759 g/mol. The van der Waals surface area contributed by atoms with Gasteiger partial charge >= 0.3 is 0 Å². The molecule has 2 amide bonds. The van der Waals surface area contributed by atoms with Crippen molar-refractivity contribution in [1.29, 1.82) is 0 Å². The summed E-state index contributed by atoms with van der Waals surface area (Å²) in [4.78, 5) is 45.7. The Morgan fingerprint density at radius 2 is 1.40 bits per heavy atom. The molecule has 2 aliphatic rings. The molecule has 3 aromatic heterocycles. The molecule has 0 unspecified atom stereocenters. The maximum Gasteiger partial charge on any atom is 0.263 e. The second-order valence-corrected chi connectivity index (χ2v) is 14.0. The minimum atomic E-state index is -0.276. The van der Waals surface area contributed by atoms with Crippen LogP contribution in [-0.4, -0.2) is 58.5 Å². The predicted molar refractivity (Wildman–Crippen MR) is 203 cm³/mol. The maximum absolute atomic E-state index is 13.4. The van der Waals surface area contributed by atoms with Crippen molar-refractivity contribution >= 4 is 52.3 Å². The van der Waals surface area contributed by atoms with Crippen LogP contribution in [0.5, 0.6) is 5.88 Å². The first kappa shape index (κ1) is 35.9. The van der Waals surface area contributed by atoms with Gasteiger partial charge in [-0.3, -0.25) is 18.8 Å². The number of carbonyl (C=O) groups is 2. The molecule has 0 saturated carbocycles. The van der Waals surface area contributed by atoms with Crippen molar-refractivity contribution in [3.8, 4) is 39.4 Å². The summed E-state index contributed by atoms with van der Waals surface area (Å²) >= 11 is 20.7. The smallest absolute Gasteiger partial charge is 0.263 e. The molecule has 0 bridgehead atoms. The molecule has 11 nitrogen and oxygen atoms in total. The number of carbonyl (C=O) groups excluding carboxylic acids is 2. The lowest BCUT2D eigenvalue weighted by Gasteiger charge is -2.16. The van der Waals surface area contributed by atoms with Crippen LogP contribution < -0.4 is 31.6 Å². The first-order valence-corrected chi connectivity index (χ1v) is 18.2. The number of amides is 2. The van der Waals surface area contributed by atoms with E-state index in [-0.39, 0.29) is 41.2 Å². The Bertz CT molecular complexity index is 2250. The molecular weight excluding hydrogens is 725 g/mol. The number of halogens is 3. The van der Waals surface area contributed by atoms with Crippen molar-refractivity contribution in [2.75, 3.05) is 20.2 Å². The number of fused-ring (bicyclic) bond motifs is 1. The zero-order valence-corrected chi connectivity index (χ0v) is 30.5. The fourth-order valence-corrected chi connectivity index (χ4v) is 7.60. The molecule has 5 heterocycles. The Hall–Kier alpha value is -4.52. The van der Waals surface area contributed by atoms with Gasteiger partial charge in [-0.15, -0.1) is 0 Å². The Balaban J connectivity index is 1.12. The van der Waals surface area contributed by atoms with Gasteiger partial charge in [-0.2, -0.15) is 0 Å². The summed E-state index contributed by atoms with van der Waals surface area (Å²) in [5, 5.41) is 13.5. The highest BCUT2D eigenvalue weighted by Crippen LogP contribution is 2.42. The number of nitrogens with one attached hydrogen (secondary N) is 4. The molecule has 4 N–H and O–H groups in total. The topological polar surface area (TPSA) is 139 Å². The number of rotatable bonds is 12. The van der Waals surface area contributed by atoms with Crippen molar-refractivity contribution in [1.82, 2.24) is 35.6 Å². The zero-order valence-electron chi connectivity index (χ0n) is 28.3. The highest BCUT2D eigenvalue weighted by atomic mass is 35.5. The summed E-state index contributed by atoms with van der Waals surface area (Å²) < 4.78 is 7.10. The molecule has 14 heteroatoms. The number of methoxy groups -OCH3 is 1. The number of hydrogen-bond acceptors (Lipinski definition) is 8. The van der Waals surface area contributed by atoms with Crippen molar-refractivity contribution in [3.05, 3.63) is 104 Å². The average molecular weight is 761 g/mol. The second kappa shape index (κ2) is 15.6. The van der Waals surface area contributed by atoms with Crippen LogP contribution in [-0.2, 0) is 22.7 Å². The van der Waals surface area contributed by atoms with E-state index in [1.165, 1.54) is 4.40 Å². The van der Waals surface area contributed by atoms with Crippen LogP contribution in [0.15, 0.2) is 71.7 Å². The first-order valence-electron chi connectivity index (χ1n) is 17.0. The van der Waals surface area contributed by atoms with E-state index in [0.717, 1.165) is 40.7 Å². The standard InChI is InChI=1S/C38H36Cl3N7O4/c1-52-37-22(17-42-18-23-9-12-32(49)44-23)8-11-30(46-37)28-7-3-6-27(35(28)40)26-5-2-4-25(34(26)39)21-14-15-48-31(16-21)47-36(41)29(38(48)51)20-43-19-24-10-13-33(50)45-24/h2-8,11,14-16,23-24,42-43H,9-10,12-13,17-20H2,1H3,(H,44,49)(H,45,50)/t23-,24+/m0/s1. The lowest BCUT2D eigenvalue weighted by atomic mass is 9.97. The third-order valence-corrected chi connectivity index (χ3v) is 10.6. The Kier molecular flexibility index (Phi) is 10.8. The van der Waals surface area contributed by atoms with Crippen LogP contribution in [0, 0.1) is 0 Å². The Morgan fingerprint density at radius 3 is 2.04 bits per heavy atom. The Labute approximate surface area is 315 Å². The molecule has 2 aliphatic heterocycles. The summed E-state index contributed by atoms with van der Waals surface area (Å²) in [7, 11) is 1.58. The highest BCUT2D eigenvalue weighted by Gasteiger charge is 2.22. The Morgan fingerprint density at radius 1 is 0.788 bits per heavy atom. The van der Waals surface area contributed by atoms with Gasteiger partial charge in [0.2, 0.25) is 17.7 Å². The van der Waals surface area contributed by atoms with Gasteiger partial charge in [-0.25, -0.2) is 9.97 Å². The van der Waals surface area contributed by atoms with Crippen molar-refractivity contribution in [2.24, 2.45) is 0 Å². The van der Waals surface area contributed by atoms with Crippen molar-refractivity contribution in [3.63, 3.8) is 0 Å². The summed E-state index contributed by atoms with van der Waals surface area (Å²) in [5.74, 6) is 0.603. The molecule has 0 aliphatic carbocycles. The minimum Gasteiger partial charge on any atom is -0.481 e. The molecule has 2 saturated heterocycles. The SMILES string of the molecule is COc1nc(-c2cccc(-c3cccc(-c4ccn5c(=O)c(CNC[C@H]6CCC(=O)N6)c(Cl)nc5c4)c3Cl)c2Cl)ccc1CNC[C@@H]1CCC(=O)N1. The summed E-state index contributed by atoms with van der Waals surface area (Å²) in [6.07, 6.45) is 4.31. The fraction of sp³-hybridized carbons (Fsp3) is 0.289. The van der Waals surface area contributed by atoms with Gasteiger partial charge in [0.05, 0.1) is 28.4 Å². The van der Waals surface area contributed by atoms with Crippen molar-refractivity contribution < 1.29 is 14.3 Å². The number of pyridine rings is 2. The zero-order chi connectivity index (χ0) is 36.4. The first-order chi connectivity index (χ1) is 25.2. The van der Waals surface area contributed by atoms with Crippen LogP contribution in [0.4, 0.5) is 0 Å². The molecule has 0 radical (unpaired) electrons. The van der Waals surface area contributed by atoms with Gasteiger partial charge in [0, 0.05) is 85.1 Å². The third-order valence-electron chi connectivity index (χ3n) is 9.45. The molecule has 2 fully saturated rings. The van der Waals surface area contributed by atoms with E-state index in [1.807, 2.05) is 54.6 Å². The van der Waals surface area contributed by atoms with Crippen LogP contribution in [0.1, 0.15) is 36.8 Å². The van der Waals surface area contributed by atoms with E-state index in [9.17, 15) is 14.4 Å². The second-order valence-electron chi connectivity index (χ2n) is 12.9. The molecule has 52 heavy (non-hydrogen) atoms. The summed E-state index contributed by atoms with van der Waals surface area (Å²) in [5.41, 5.74) is 5.62. The average Bonchev–Trinajstić information content (AvgIpc) is 3.76. The molecule has 5 aromatic rings. The number of hydrogen-bond donors (Lipinski definition) is 4. The largest absolute Gasteiger partial charge is 0.481 e. The lowest BCUT2D eigenvalue weighted by Crippen LogP contribution is -2.36. The maximum atomic E-state index is 13.4. The van der Waals surface area contributed by atoms with E-state index >= 15 is 0 Å². The minimum absolute atomic E-state index is 0.0300. The van der Waals surface area contributed by atoms with Gasteiger partial charge in [0.25, 0.3) is 5.56 Å². The van der Waals surface area contributed by atoms with E-state index in [2.05, 4.69) is 26.3 Å². The van der Waals surface area contributed by atoms with Crippen LogP contribution in [0.2, 0.25) is 15.2 Å². The number of nitrogens with zero attached hydrogens (tertiary/aromatic N) is 3. The lowest BCUT2D eigenvalue weighted by molar-refractivity contribution is -0.120. The van der Waals surface area contributed by atoms with Gasteiger partial charge in [-0.05, 0) is 36.6 Å². The van der Waals surface area contributed by atoms with Gasteiger partial charge in [0.15, 0.2) is 0 Å². The van der Waals surface area contributed by atoms with Gasteiger partial charge in [-0.1, -0.05) is 77.3 Å². The quantitative estimate of drug-likeness (QED) is 0.117. The highest BCUT2D eigenvalue weighted by molar-refractivity contribution is 6.39. The van der Waals surface area contributed by atoms with E-state index < -0.39 is 0 Å². The molecule has 0 spiro atoms. The number of benzene rings is 2. The van der Waals surface area contributed by atoms with E-state index in [1.54, 1.807) is 19.4 Å². The van der Waals surface area contributed by atoms with Crippen LogP contribution in [0.25, 0.3) is 39.2 Å². The summed E-state index contributed by atoms with van der Waals surface area (Å²) in [6, 6.07) is 19.0. The summed E-state index contributed by atoms with van der Waals surface area (Å²) in [6.45, 7) is 1.95. The normalized spacial score (nSPS) is 17.1. The van der Waals surface area contributed by atoms with Crippen LogP contribution in [0.3, 0.4) is 0 Å². The molecular formula is C38H36Cl3N7O4. The number of aromatic nitrogens is 3. The molecule has 7 rings (SSSR count). The predicted octanol–water partition coefficient (Wildman–Crippen LogP) is 5.80. The molecule has 268 valence electrons. The molecule has 2 aromatic carbocycles. The van der Waals surface area contributed by atoms with Gasteiger partial charge < -0.3 is 26.0 Å². The van der Waals surface area contributed by atoms with E-state index in [0.29, 0.717) is 70.9 Å². The third kappa shape index (κ3) is 7.51. The molecule has 2 atom stereocenters. The fourth-order valence-electron chi connectivity index (χ4n) is 6.71. The van der Waals surface area contributed by atoms with Crippen LogP contribution >= 0.6 is 34.8 Å². The van der Waals surface area contributed by atoms with E-state index in [4.69, 9.17) is 44.5 Å². The van der Waals surface area contributed by atoms with Gasteiger partial charge in [0.1, 0.15) is 10.8 Å². The van der Waals surface area contributed by atoms with Crippen molar-refractivity contribution in [2.45, 2.75) is 50.9 Å².